The zero-order valence-electron chi connectivity index (χ0n) is 11.8. The van der Waals surface area contributed by atoms with Gasteiger partial charge in [0.1, 0.15) is 5.69 Å². The Hall–Kier alpha value is -1.46. The Morgan fingerprint density at radius 1 is 0.789 bits per heavy atom. The van der Waals surface area contributed by atoms with Crippen LogP contribution in [-0.2, 0) is 0 Å². The largest absolute Gasteiger partial charge is 0.367 e. The van der Waals surface area contributed by atoms with Crippen LogP contribution >= 0.6 is 0 Å². The van der Waals surface area contributed by atoms with Gasteiger partial charge >= 0.3 is 0 Å². The Balaban J connectivity index is 3.45. The fourth-order valence-electron chi connectivity index (χ4n) is 2.04. The smallest absolute Gasteiger partial charge is 0.253 e. The van der Waals surface area contributed by atoms with E-state index in [0.717, 1.165) is 0 Å². The summed E-state index contributed by atoms with van der Waals surface area (Å²) in [5, 5.41) is 0. The van der Waals surface area contributed by atoms with Crippen molar-refractivity contribution in [2.75, 3.05) is 36.0 Å². The SMILES string of the molecule is CCN(CC)c1nc(F)c(F)c(N(CC)CC)c1F. The van der Waals surface area contributed by atoms with Crippen molar-refractivity contribution in [1.82, 2.24) is 4.98 Å². The van der Waals surface area contributed by atoms with Gasteiger partial charge in [0.15, 0.2) is 11.6 Å². The van der Waals surface area contributed by atoms with Gasteiger partial charge in [-0.15, -0.1) is 0 Å². The molecule has 0 saturated carbocycles. The molecule has 0 N–H and O–H groups in total. The number of pyridine rings is 1. The molecule has 0 spiro atoms. The molecule has 0 fully saturated rings. The van der Waals surface area contributed by atoms with Crippen molar-refractivity contribution in [2.24, 2.45) is 0 Å². The maximum Gasteiger partial charge on any atom is 0.253 e. The molecule has 1 aromatic heterocycles. The topological polar surface area (TPSA) is 19.4 Å². The first-order valence-electron chi connectivity index (χ1n) is 6.55. The minimum absolute atomic E-state index is 0.134. The number of rotatable bonds is 6. The highest BCUT2D eigenvalue weighted by Crippen LogP contribution is 2.30. The van der Waals surface area contributed by atoms with Crippen molar-refractivity contribution in [3.8, 4) is 0 Å². The van der Waals surface area contributed by atoms with Crippen molar-refractivity contribution >= 4 is 11.5 Å². The zero-order chi connectivity index (χ0) is 14.6. The lowest BCUT2D eigenvalue weighted by atomic mass is 10.2. The van der Waals surface area contributed by atoms with Crippen molar-refractivity contribution < 1.29 is 13.2 Å². The van der Waals surface area contributed by atoms with E-state index in [0.29, 0.717) is 26.2 Å². The second kappa shape index (κ2) is 6.63. The van der Waals surface area contributed by atoms with Gasteiger partial charge in [-0.25, -0.2) is 4.39 Å². The first kappa shape index (κ1) is 15.6. The molecule has 6 heteroatoms. The van der Waals surface area contributed by atoms with Crippen molar-refractivity contribution in [3.05, 3.63) is 17.6 Å². The molecule has 108 valence electrons. The molecule has 0 amide bonds. The second-order valence-corrected chi connectivity index (χ2v) is 4.05. The molecule has 0 bridgehead atoms. The molecule has 19 heavy (non-hydrogen) atoms. The summed E-state index contributed by atoms with van der Waals surface area (Å²) in [7, 11) is 0. The lowest BCUT2D eigenvalue weighted by Gasteiger charge is -2.26. The van der Waals surface area contributed by atoms with Crippen LogP contribution in [0.2, 0.25) is 0 Å². The highest BCUT2D eigenvalue weighted by molar-refractivity contribution is 5.58. The maximum atomic E-state index is 14.4. The lowest BCUT2D eigenvalue weighted by molar-refractivity contribution is 0.461. The quantitative estimate of drug-likeness (QED) is 0.743. The highest BCUT2D eigenvalue weighted by Gasteiger charge is 2.25. The fourth-order valence-corrected chi connectivity index (χ4v) is 2.04. The molecular formula is C13H20F3N3. The van der Waals surface area contributed by atoms with Gasteiger partial charge in [-0.2, -0.15) is 13.8 Å². The van der Waals surface area contributed by atoms with Gasteiger partial charge < -0.3 is 9.80 Å². The summed E-state index contributed by atoms with van der Waals surface area (Å²) >= 11 is 0. The average Bonchev–Trinajstić information content (AvgIpc) is 2.41. The summed E-state index contributed by atoms with van der Waals surface area (Å²) in [6, 6.07) is 0. The average molecular weight is 275 g/mol. The zero-order valence-corrected chi connectivity index (χ0v) is 11.8. The standard InChI is InChI=1S/C13H20F3N3/c1-5-18(6-2)11-9(14)12(16)17-13(10(11)15)19(7-3)8-4/h5-8H2,1-4H3. The number of halogens is 3. The Kier molecular flexibility index (Phi) is 5.44. The molecule has 1 rings (SSSR count). The van der Waals surface area contributed by atoms with E-state index in [2.05, 4.69) is 4.98 Å². The molecule has 0 aliphatic carbocycles. The number of nitrogens with zero attached hydrogens (tertiary/aromatic N) is 3. The van der Waals surface area contributed by atoms with Crippen LogP contribution in [0.1, 0.15) is 27.7 Å². The van der Waals surface area contributed by atoms with Crippen molar-refractivity contribution in [1.29, 1.82) is 0 Å². The van der Waals surface area contributed by atoms with E-state index in [1.54, 1.807) is 18.7 Å². The summed E-state index contributed by atoms with van der Waals surface area (Å²) in [4.78, 5) is 6.42. The fraction of sp³-hybridized carbons (Fsp3) is 0.615. The molecule has 1 aromatic rings. The van der Waals surface area contributed by atoms with E-state index in [9.17, 15) is 13.2 Å². The Morgan fingerprint density at radius 3 is 1.68 bits per heavy atom. The van der Waals surface area contributed by atoms with Gasteiger partial charge in [0.05, 0.1) is 0 Å². The predicted octanol–water partition coefficient (Wildman–Crippen LogP) is 3.19. The number of aromatic nitrogens is 1. The summed E-state index contributed by atoms with van der Waals surface area (Å²) in [6.45, 7) is 8.88. The third kappa shape index (κ3) is 2.93. The van der Waals surface area contributed by atoms with Gasteiger partial charge in [-0.1, -0.05) is 0 Å². The molecule has 3 nitrogen and oxygen atoms in total. The molecule has 1 heterocycles. The van der Waals surface area contributed by atoms with Crippen LogP contribution in [0.15, 0.2) is 0 Å². The van der Waals surface area contributed by atoms with Crippen molar-refractivity contribution in [2.45, 2.75) is 27.7 Å². The summed E-state index contributed by atoms with van der Waals surface area (Å²) in [6.07, 6.45) is 0. The Bertz CT molecular complexity index is 430. The number of hydrogen-bond donors (Lipinski definition) is 0. The monoisotopic (exact) mass is 275 g/mol. The van der Waals surface area contributed by atoms with E-state index >= 15 is 0 Å². The van der Waals surface area contributed by atoms with Gasteiger partial charge in [-0.05, 0) is 27.7 Å². The molecular weight excluding hydrogens is 255 g/mol. The lowest BCUT2D eigenvalue weighted by Crippen LogP contribution is -2.29. The van der Waals surface area contributed by atoms with Crippen LogP contribution in [0.4, 0.5) is 24.7 Å². The van der Waals surface area contributed by atoms with E-state index in [4.69, 9.17) is 0 Å². The maximum absolute atomic E-state index is 14.4. The predicted molar refractivity (Wildman–Crippen MR) is 71.2 cm³/mol. The third-order valence-corrected chi connectivity index (χ3v) is 3.14. The molecule has 0 radical (unpaired) electrons. The second-order valence-electron chi connectivity index (χ2n) is 4.05. The number of anilines is 2. The van der Waals surface area contributed by atoms with Crippen LogP contribution in [0.3, 0.4) is 0 Å². The van der Waals surface area contributed by atoms with Gasteiger partial charge in [0.2, 0.25) is 5.82 Å². The normalized spacial score (nSPS) is 10.7. The highest BCUT2D eigenvalue weighted by atomic mass is 19.2. The Labute approximate surface area is 112 Å². The van der Waals surface area contributed by atoms with E-state index in [-0.39, 0.29) is 11.5 Å². The summed E-state index contributed by atoms with van der Waals surface area (Å²) in [5.41, 5.74) is -0.334. The summed E-state index contributed by atoms with van der Waals surface area (Å²) in [5.74, 6) is -3.42. The summed E-state index contributed by atoms with van der Waals surface area (Å²) < 4.78 is 41.8. The van der Waals surface area contributed by atoms with Crippen LogP contribution in [-0.4, -0.2) is 31.2 Å². The van der Waals surface area contributed by atoms with Crippen LogP contribution in [0.5, 0.6) is 0 Å². The minimum atomic E-state index is -1.26. The van der Waals surface area contributed by atoms with Crippen LogP contribution < -0.4 is 9.80 Å². The van der Waals surface area contributed by atoms with E-state index < -0.39 is 17.6 Å². The van der Waals surface area contributed by atoms with E-state index in [1.807, 2.05) is 13.8 Å². The van der Waals surface area contributed by atoms with Crippen molar-refractivity contribution in [3.63, 3.8) is 0 Å². The first-order valence-corrected chi connectivity index (χ1v) is 6.55. The van der Waals surface area contributed by atoms with E-state index in [1.165, 1.54) is 4.90 Å². The van der Waals surface area contributed by atoms with Crippen LogP contribution in [0, 0.1) is 17.6 Å². The van der Waals surface area contributed by atoms with Crippen LogP contribution in [0.25, 0.3) is 0 Å². The molecule has 0 aromatic carbocycles. The molecule has 0 aliphatic heterocycles. The Morgan fingerprint density at radius 2 is 1.26 bits per heavy atom. The van der Waals surface area contributed by atoms with Gasteiger partial charge in [-0.3, -0.25) is 0 Å². The minimum Gasteiger partial charge on any atom is -0.367 e. The number of hydrogen-bond acceptors (Lipinski definition) is 3. The third-order valence-electron chi connectivity index (χ3n) is 3.14. The molecule has 0 unspecified atom stereocenters. The molecule has 0 atom stereocenters. The molecule has 0 aliphatic rings. The first-order chi connectivity index (χ1) is 9.01. The molecule has 0 saturated heterocycles. The van der Waals surface area contributed by atoms with Gasteiger partial charge in [0.25, 0.3) is 5.95 Å². The van der Waals surface area contributed by atoms with Gasteiger partial charge in [0, 0.05) is 26.2 Å².